The van der Waals surface area contributed by atoms with Crippen LogP contribution in [0.5, 0.6) is 5.75 Å². The molecule has 1 heterocycles. The van der Waals surface area contributed by atoms with Crippen molar-refractivity contribution in [3.05, 3.63) is 41.5 Å². The number of nitrogens with zero attached hydrogens (tertiary/aromatic N) is 1. The fourth-order valence-corrected chi connectivity index (χ4v) is 2.94. The Morgan fingerprint density at radius 1 is 1.04 bits per heavy atom. The van der Waals surface area contributed by atoms with E-state index in [1.807, 2.05) is 12.1 Å². The Bertz CT molecular complexity index is 781. The number of hydrogen-bond acceptors (Lipinski definition) is 5. The summed E-state index contributed by atoms with van der Waals surface area (Å²) in [6, 6.07) is 8.91. The molecule has 25 heavy (non-hydrogen) atoms. The van der Waals surface area contributed by atoms with Crippen LogP contribution in [0.25, 0.3) is 10.8 Å². The van der Waals surface area contributed by atoms with E-state index in [1.165, 1.54) is 0 Å². The maximum atomic E-state index is 12.8. The molecule has 0 fully saturated rings. The van der Waals surface area contributed by atoms with E-state index in [1.54, 1.807) is 25.3 Å². The first kappa shape index (κ1) is 17.4. The van der Waals surface area contributed by atoms with Crippen LogP contribution in [0.3, 0.4) is 0 Å². The van der Waals surface area contributed by atoms with E-state index in [4.69, 9.17) is 9.47 Å². The van der Waals surface area contributed by atoms with Crippen LogP contribution in [0.1, 0.15) is 40.5 Å². The van der Waals surface area contributed by atoms with Gasteiger partial charge in [-0.05, 0) is 24.6 Å². The molecule has 1 aliphatic rings. The van der Waals surface area contributed by atoms with Gasteiger partial charge in [0.1, 0.15) is 12.4 Å². The molecule has 3 rings (SSSR count). The van der Waals surface area contributed by atoms with Gasteiger partial charge in [0.15, 0.2) is 0 Å². The molecule has 0 saturated carbocycles. The molecule has 1 N–H and O–H groups in total. The molecule has 0 aromatic heterocycles. The number of nitrogens with one attached hydrogen (secondary N) is 1. The lowest BCUT2D eigenvalue weighted by Crippen LogP contribution is -2.49. The summed E-state index contributed by atoms with van der Waals surface area (Å²) in [6.07, 6.45) is 1.87. The zero-order chi connectivity index (χ0) is 17.8. The molecular weight excluding hydrogens is 320 g/mol. The Balaban J connectivity index is 2.00. The van der Waals surface area contributed by atoms with Gasteiger partial charge in [-0.25, -0.2) is 10.4 Å². The van der Waals surface area contributed by atoms with Gasteiger partial charge in [0, 0.05) is 24.4 Å². The van der Waals surface area contributed by atoms with E-state index in [0.29, 0.717) is 42.0 Å². The second-order valence-electron chi connectivity index (χ2n) is 5.89. The van der Waals surface area contributed by atoms with Crippen molar-refractivity contribution < 1.29 is 19.1 Å². The van der Waals surface area contributed by atoms with Gasteiger partial charge in [-0.15, -0.1) is 0 Å². The number of carbonyl (C=O) groups is 2. The van der Waals surface area contributed by atoms with Crippen LogP contribution in [0.15, 0.2) is 30.3 Å². The lowest BCUT2D eigenvalue weighted by Gasteiger charge is -2.28. The molecule has 0 unspecified atom stereocenters. The minimum atomic E-state index is -0.326. The van der Waals surface area contributed by atoms with E-state index < -0.39 is 0 Å². The molecule has 132 valence electrons. The van der Waals surface area contributed by atoms with Crippen molar-refractivity contribution in [2.24, 2.45) is 0 Å². The van der Waals surface area contributed by atoms with Crippen molar-refractivity contribution in [2.75, 3.05) is 26.9 Å². The van der Waals surface area contributed by atoms with Crippen LogP contribution >= 0.6 is 0 Å². The maximum absolute atomic E-state index is 12.8. The van der Waals surface area contributed by atoms with Crippen LogP contribution in [-0.4, -0.2) is 43.7 Å². The summed E-state index contributed by atoms with van der Waals surface area (Å²) in [5.74, 6) is -0.00729. The fourth-order valence-electron chi connectivity index (χ4n) is 2.94. The number of rotatable bonds is 8. The van der Waals surface area contributed by atoms with Gasteiger partial charge in [-0.3, -0.25) is 9.59 Å². The van der Waals surface area contributed by atoms with Gasteiger partial charge < -0.3 is 9.47 Å². The highest BCUT2D eigenvalue weighted by molar-refractivity contribution is 6.25. The van der Waals surface area contributed by atoms with Gasteiger partial charge >= 0.3 is 0 Å². The number of hydrogen-bond donors (Lipinski definition) is 1. The van der Waals surface area contributed by atoms with E-state index in [-0.39, 0.29) is 11.8 Å². The number of ether oxygens (including phenoxy) is 2. The largest absolute Gasteiger partial charge is 0.491 e. The third-order valence-corrected chi connectivity index (χ3v) is 4.21. The standard InChI is InChI=1S/C19H22N2O4/c1-3-4-10-20-21-18(22)14-7-5-6-13-16(25-12-11-24-2)9-8-15(17(13)14)19(21)23/h5-9,20H,3-4,10-12H2,1-2H3. The smallest absolute Gasteiger partial charge is 0.275 e. The van der Waals surface area contributed by atoms with Crippen molar-refractivity contribution in [1.29, 1.82) is 0 Å². The molecule has 2 aromatic rings. The van der Waals surface area contributed by atoms with Gasteiger partial charge in [0.05, 0.1) is 17.7 Å². The van der Waals surface area contributed by atoms with E-state index in [0.717, 1.165) is 23.2 Å². The number of amides is 2. The molecule has 6 heteroatoms. The summed E-state index contributed by atoms with van der Waals surface area (Å²) in [4.78, 5) is 25.5. The quantitative estimate of drug-likeness (QED) is 0.590. The molecule has 6 nitrogen and oxygen atoms in total. The SMILES string of the molecule is CCCCNN1C(=O)c2cccc3c(OCCOC)ccc(c23)C1=O. The third kappa shape index (κ3) is 3.23. The maximum Gasteiger partial charge on any atom is 0.275 e. The average Bonchev–Trinajstić information content (AvgIpc) is 2.63. The number of carbonyl (C=O) groups excluding carboxylic acids is 2. The van der Waals surface area contributed by atoms with E-state index in [9.17, 15) is 9.59 Å². The first-order valence-corrected chi connectivity index (χ1v) is 8.48. The molecule has 0 spiro atoms. The highest BCUT2D eigenvalue weighted by Gasteiger charge is 2.33. The number of hydrazine groups is 1. The van der Waals surface area contributed by atoms with Crippen molar-refractivity contribution >= 4 is 22.6 Å². The number of benzene rings is 2. The molecule has 1 aliphatic heterocycles. The highest BCUT2D eigenvalue weighted by Crippen LogP contribution is 2.35. The van der Waals surface area contributed by atoms with Crippen LogP contribution < -0.4 is 10.2 Å². The number of unbranched alkanes of at least 4 members (excludes halogenated alkanes) is 1. The summed E-state index contributed by atoms with van der Waals surface area (Å²) in [5.41, 5.74) is 3.96. The Labute approximate surface area is 146 Å². The Kier molecular flexibility index (Phi) is 5.31. The molecule has 2 aromatic carbocycles. The summed E-state index contributed by atoms with van der Waals surface area (Å²) >= 11 is 0. The van der Waals surface area contributed by atoms with Gasteiger partial charge in [0.2, 0.25) is 0 Å². The van der Waals surface area contributed by atoms with Crippen molar-refractivity contribution in [3.8, 4) is 5.75 Å². The van der Waals surface area contributed by atoms with E-state index in [2.05, 4.69) is 12.3 Å². The second kappa shape index (κ2) is 7.63. The Morgan fingerprint density at radius 2 is 1.80 bits per heavy atom. The van der Waals surface area contributed by atoms with Crippen LogP contribution in [0.2, 0.25) is 0 Å². The summed E-state index contributed by atoms with van der Waals surface area (Å²) in [7, 11) is 1.61. The van der Waals surface area contributed by atoms with Crippen molar-refractivity contribution in [3.63, 3.8) is 0 Å². The monoisotopic (exact) mass is 342 g/mol. The number of imide groups is 1. The molecule has 0 radical (unpaired) electrons. The second-order valence-corrected chi connectivity index (χ2v) is 5.89. The van der Waals surface area contributed by atoms with Crippen LogP contribution in [0.4, 0.5) is 0 Å². The topological polar surface area (TPSA) is 67.9 Å². The first-order chi connectivity index (χ1) is 12.2. The Hall–Kier alpha value is -2.44. The number of methoxy groups -OCH3 is 1. The first-order valence-electron chi connectivity index (χ1n) is 8.48. The van der Waals surface area contributed by atoms with Gasteiger partial charge in [-0.1, -0.05) is 25.5 Å². The summed E-state index contributed by atoms with van der Waals surface area (Å²) in [6.45, 7) is 3.51. The molecule has 0 atom stereocenters. The predicted molar refractivity (Wildman–Crippen MR) is 94.7 cm³/mol. The lowest BCUT2D eigenvalue weighted by atomic mass is 9.94. The molecule has 0 saturated heterocycles. The Morgan fingerprint density at radius 3 is 2.52 bits per heavy atom. The zero-order valence-corrected chi connectivity index (χ0v) is 14.5. The van der Waals surface area contributed by atoms with Gasteiger partial charge in [0.25, 0.3) is 11.8 Å². The molecule has 2 amide bonds. The minimum Gasteiger partial charge on any atom is -0.491 e. The summed E-state index contributed by atoms with van der Waals surface area (Å²) in [5, 5.41) is 2.54. The zero-order valence-electron chi connectivity index (χ0n) is 14.5. The minimum absolute atomic E-state index is 0.326. The third-order valence-electron chi connectivity index (χ3n) is 4.21. The predicted octanol–water partition coefficient (Wildman–Crippen LogP) is 2.77. The molecule has 0 aliphatic carbocycles. The average molecular weight is 342 g/mol. The van der Waals surface area contributed by atoms with Crippen LogP contribution in [-0.2, 0) is 4.74 Å². The van der Waals surface area contributed by atoms with E-state index >= 15 is 0 Å². The summed E-state index contributed by atoms with van der Waals surface area (Å²) < 4.78 is 10.7. The lowest BCUT2D eigenvalue weighted by molar-refractivity contribution is 0.0520. The normalized spacial score (nSPS) is 13.6. The van der Waals surface area contributed by atoms with Gasteiger partial charge in [-0.2, -0.15) is 0 Å². The van der Waals surface area contributed by atoms with Crippen molar-refractivity contribution in [2.45, 2.75) is 19.8 Å². The van der Waals surface area contributed by atoms with Crippen LogP contribution in [0, 0.1) is 0 Å². The van der Waals surface area contributed by atoms with Crippen molar-refractivity contribution in [1.82, 2.24) is 10.4 Å². The molecular formula is C19H22N2O4. The highest BCUT2D eigenvalue weighted by atomic mass is 16.5. The molecule has 0 bridgehead atoms. The fraction of sp³-hybridized carbons (Fsp3) is 0.368.